The Bertz CT molecular complexity index is 669. The van der Waals surface area contributed by atoms with Gasteiger partial charge in [-0.15, -0.1) is 0 Å². The van der Waals surface area contributed by atoms with Crippen molar-refractivity contribution in [3.63, 3.8) is 0 Å². The molecule has 0 aromatic carbocycles. The summed E-state index contributed by atoms with van der Waals surface area (Å²) in [7, 11) is 0. The van der Waals surface area contributed by atoms with Crippen molar-refractivity contribution >= 4 is 5.91 Å². The summed E-state index contributed by atoms with van der Waals surface area (Å²) in [5, 5.41) is 7.13. The van der Waals surface area contributed by atoms with Crippen molar-refractivity contribution in [1.82, 2.24) is 30.0 Å². The lowest BCUT2D eigenvalue weighted by Crippen LogP contribution is -2.42. The SMILES string of the molecule is CCCc1nc([C@H]2CN(C(=O)c3cnc(C)cn3)CCO2)n[nH]1. The van der Waals surface area contributed by atoms with Gasteiger partial charge in [-0.05, 0) is 13.3 Å². The fourth-order valence-corrected chi connectivity index (χ4v) is 2.46. The third-order valence-corrected chi connectivity index (χ3v) is 3.68. The van der Waals surface area contributed by atoms with Gasteiger partial charge in [0.25, 0.3) is 5.91 Å². The molecule has 0 aliphatic carbocycles. The first-order valence-corrected chi connectivity index (χ1v) is 7.78. The van der Waals surface area contributed by atoms with Gasteiger partial charge in [-0.2, -0.15) is 5.10 Å². The van der Waals surface area contributed by atoms with E-state index in [9.17, 15) is 4.79 Å². The van der Waals surface area contributed by atoms with Crippen LogP contribution in [0, 0.1) is 6.92 Å². The summed E-state index contributed by atoms with van der Waals surface area (Å²) in [5.41, 5.74) is 1.13. The molecule has 8 nitrogen and oxygen atoms in total. The van der Waals surface area contributed by atoms with E-state index in [1.54, 1.807) is 11.1 Å². The number of ether oxygens (including phenoxy) is 1. The molecule has 1 atom stereocenters. The molecule has 1 fully saturated rings. The predicted octanol–water partition coefficient (Wildman–Crippen LogP) is 1.07. The summed E-state index contributed by atoms with van der Waals surface area (Å²) < 4.78 is 5.72. The molecular formula is C15H20N6O2. The van der Waals surface area contributed by atoms with Crippen LogP contribution in [0.5, 0.6) is 0 Å². The molecule has 0 saturated carbocycles. The zero-order chi connectivity index (χ0) is 16.2. The Balaban J connectivity index is 1.69. The Hall–Kier alpha value is -2.35. The molecular weight excluding hydrogens is 296 g/mol. The number of rotatable bonds is 4. The van der Waals surface area contributed by atoms with Crippen molar-refractivity contribution in [1.29, 1.82) is 0 Å². The Labute approximate surface area is 134 Å². The second-order valence-corrected chi connectivity index (χ2v) is 5.54. The monoisotopic (exact) mass is 316 g/mol. The number of aromatic nitrogens is 5. The summed E-state index contributed by atoms with van der Waals surface area (Å²) in [5.74, 6) is 1.30. The number of morpholine rings is 1. The number of nitrogens with zero attached hydrogens (tertiary/aromatic N) is 5. The highest BCUT2D eigenvalue weighted by molar-refractivity contribution is 5.92. The van der Waals surface area contributed by atoms with Crippen LogP contribution >= 0.6 is 0 Å². The van der Waals surface area contributed by atoms with Crippen molar-refractivity contribution in [3.05, 3.63) is 35.4 Å². The lowest BCUT2D eigenvalue weighted by molar-refractivity contribution is -0.0268. The number of hydrogen-bond donors (Lipinski definition) is 1. The number of carbonyl (C=O) groups is 1. The van der Waals surface area contributed by atoms with Crippen LogP contribution in [0.4, 0.5) is 0 Å². The van der Waals surface area contributed by atoms with E-state index in [-0.39, 0.29) is 12.0 Å². The predicted molar refractivity (Wildman–Crippen MR) is 81.7 cm³/mol. The quantitative estimate of drug-likeness (QED) is 0.906. The van der Waals surface area contributed by atoms with E-state index < -0.39 is 0 Å². The smallest absolute Gasteiger partial charge is 0.274 e. The van der Waals surface area contributed by atoms with Crippen LogP contribution in [0.25, 0.3) is 0 Å². The number of carbonyl (C=O) groups excluding carboxylic acids is 1. The maximum Gasteiger partial charge on any atom is 0.274 e. The van der Waals surface area contributed by atoms with Crippen molar-refractivity contribution in [2.45, 2.75) is 32.8 Å². The van der Waals surface area contributed by atoms with Crippen LogP contribution in [0.2, 0.25) is 0 Å². The molecule has 0 spiro atoms. The van der Waals surface area contributed by atoms with Gasteiger partial charge in [0.15, 0.2) is 5.82 Å². The zero-order valence-electron chi connectivity index (χ0n) is 13.3. The van der Waals surface area contributed by atoms with E-state index >= 15 is 0 Å². The van der Waals surface area contributed by atoms with E-state index in [4.69, 9.17) is 4.74 Å². The molecule has 2 aromatic heterocycles. The minimum Gasteiger partial charge on any atom is -0.366 e. The zero-order valence-corrected chi connectivity index (χ0v) is 13.3. The molecule has 0 radical (unpaired) electrons. The standard InChI is InChI=1S/C15H20N6O2/c1-3-4-13-18-14(20-19-13)12-9-21(5-6-23-12)15(22)11-8-16-10(2)7-17-11/h7-8,12H,3-6,9H2,1-2H3,(H,18,19,20)/t12-/m1/s1. The molecule has 122 valence electrons. The largest absolute Gasteiger partial charge is 0.366 e. The average Bonchev–Trinajstić information content (AvgIpc) is 3.04. The van der Waals surface area contributed by atoms with Crippen LogP contribution in [0.15, 0.2) is 12.4 Å². The highest BCUT2D eigenvalue weighted by Gasteiger charge is 2.29. The second-order valence-electron chi connectivity index (χ2n) is 5.54. The molecule has 1 aliphatic rings. The Morgan fingerprint density at radius 1 is 1.43 bits per heavy atom. The van der Waals surface area contributed by atoms with E-state index in [0.717, 1.165) is 24.4 Å². The number of aryl methyl sites for hydroxylation is 2. The molecule has 1 saturated heterocycles. The number of amides is 1. The topological polar surface area (TPSA) is 96.9 Å². The highest BCUT2D eigenvalue weighted by atomic mass is 16.5. The minimum atomic E-state index is -0.312. The average molecular weight is 316 g/mol. The van der Waals surface area contributed by atoms with Gasteiger partial charge in [-0.25, -0.2) is 9.97 Å². The van der Waals surface area contributed by atoms with Gasteiger partial charge in [0.1, 0.15) is 17.6 Å². The number of nitrogens with one attached hydrogen (secondary N) is 1. The van der Waals surface area contributed by atoms with Crippen LogP contribution in [-0.2, 0) is 11.2 Å². The first-order chi connectivity index (χ1) is 11.2. The number of aromatic amines is 1. The molecule has 3 heterocycles. The number of H-pyrrole nitrogens is 1. The van der Waals surface area contributed by atoms with Crippen molar-refractivity contribution < 1.29 is 9.53 Å². The van der Waals surface area contributed by atoms with Gasteiger partial charge in [-0.3, -0.25) is 14.9 Å². The van der Waals surface area contributed by atoms with Crippen LogP contribution in [0.1, 0.15) is 47.3 Å². The van der Waals surface area contributed by atoms with Gasteiger partial charge in [0.05, 0.1) is 25.0 Å². The van der Waals surface area contributed by atoms with Crippen molar-refractivity contribution in [2.75, 3.05) is 19.7 Å². The highest BCUT2D eigenvalue weighted by Crippen LogP contribution is 2.20. The Morgan fingerprint density at radius 3 is 3.04 bits per heavy atom. The molecule has 0 unspecified atom stereocenters. The van der Waals surface area contributed by atoms with Gasteiger partial charge in [0, 0.05) is 19.2 Å². The fraction of sp³-hybridized carbons (Fsp3) is 0.533. The lowest BCUT2D eigenvalue weighted by Gasteiger charge is -2.31. The maximum atomic E-state index is 12.5. The first-order valence-electron chi connectivity index (χ1n) is 7.78. The molecule has 23 heavy (non-hydrogen) atoms. The number of hydrogen-bond acceptors (Lipinski definition) is 6. The lowest BCUT2D eigenvalue weighted by atomic mass is 10.2. The van der Waals surface area contributed by atoms with E-state index in [2.05, 4.69) is 32.1 Å². The Morgan fingerprint density at radius 2 is 2.30 bits per heavy atom. The summed E-state index contributed by atoms with van der Waals surface area (Å²) in [6, 6.07) is 0. The third-order valence-electron chi connectivity index (χ3n) is 3.68. The van der Waals surface area contributed by atoms with Crippen LogP contribution in [-0.4, -0.2) is 55.7 Å². The van der Waals surface area contributed by atoms with Gasteiger partial charge < -0.3 is 9.64 Å². The van der Waals surface area contributed by atoms with Crippen molar-refractivity contribution in [2.24, 2.45) is 0 Å². The maximum absolute atomic E-state index is 12.5. The van der Waals surface area contributed by atoms with Gasteiger partial charge >= 0.3 is 0 Å². The van der Waals surface area contributed by atoms with Crippen LogP contribution < -0.4 is 0 Å². The fourth-order valence-electron chi connectivity index (χ4n) is 2.46. The van der Waals surface area contributed by atoms with E-state index in [0.29, 0.717) is 31.2 Å². The molecule has 0 bridgehead atoms. The summed E-state index contributed by atoms with van der Waals surface area (Å²) in [6.07, 6.45) is 4.64. The van der Waals surface area contributed by atoms with Crippen molar-refractivity contribution in [3.8, 4) is 0 Å². The van der Waals surface area contributed by atoms with Gasteiger partial charge in [-0.1, -0.05) is 6.92 Å². The molecule has 3 rings (SSSR count). The Kier molecular flexibility index (Phi) is 4.61. The normalized spacial score (nSPS) is 18.2. The third kappa shape index (κ3) is 3.53. The summed E-state index contributed by atoms with van der Waals surface area (Å²) >= 11 is 0. The van der Waals surface area contributed by atoms with E-state index in [1.807, 2.05) is 6.92 Å². The molecule has 2 aromatic rings. The summed E-state index contributed by atoms with van der Waals surface area (Å²) in [4.78, 5) is 26.9. The van der Waals surface area contributed by atoms with Gasteiger partial charge in [0.2, 0.25) is 0 Å². The summed E-state index contributed by atoms with van der Waals surface area (Å²) in [6.45, 7) is 5.31. The molecule has 1 N–H and O–H groups in total. The molecule has 1 aliphatic heterocycles. The first kappa shape index (κ1) is 15.5. The molecule has 1 amide bonds. The minimum absolute atomic E-state index is 0.143. The van der Waals surface area contributed by atoms with Crippen LogP contribution in [0.3, 0.4) is 0 Å². The van der Waals surface area contributed by atoms with E-state index in [1.165, 1.54) is 6.20 Å². The molecule has 8 heteroatoms. The second kappa shape index (κ2) is 6.82.